The number of rotatable bonds is 13. The molecule has 1 unspecified atom stereocenters. The highest BCUT2D eigenvalue weighted by atomic mass is 32.2. The van der Waals surface area contributed by atoms with E-state index in [0.29, 0.717) is 40.6 Å². The molecule has 35 heavy (non-hydrogen) atoms. The lowest BCUT2D eigenvalue weighted by Gasteiger charge is -2.32. The van der Waals surface area contributed by atoms with Crippen molar-refractivity contribution in [2.45, 2.75) is 69.2 Å². The molecule has 0 bridgehead atoms. The molecule has 7 nitrogen and oxygen atoms in total. The van der Waals surface area contributed by atoms with Gasteiger partial charge in [0.25, 0.3) is 15.9 Å². The number of amides is 1. The summed E-state index contributed by atoms with van der Waals surface area (Å²) >= 11 is 1.22. The van der Waals surface area contributed by atoms with Crippen molar-refractivity contribution in [2.24, 2.45) is 5.92 Å². The van der Waals surface area contributed by atoms with Crippen molar-refractivity contribution in [3.05, 3.63) is 46.8 Å². The minimum atomic E-state index is -3.52. The van der Waals surface area contributed by atoms with Crippen LogP contribution in [0.4, 0.5) is 0 Å². The second-order valence-electron chi connectivity index (χ2n) is 9.14. The Morgan fingerprint density at radius 2 is 1.97 bits per heavy atom. The van der Waals surface area contributed by atoms with E-state index in [9.17, 15) is 13.2 Å². The molecule has 2 aromatic rings. The molecule has 2 N–H and O–H groups in total. The van der Waals surface area contributed by atoms with E-state index >= 15 is 0 Å². The van der Waals surface area contributed by atoms with Gasteiger partial charge in [0.1, 0.15) is 9.96 Å². The molecule has 1 aromatic heterocycles. The molecule has 1 aromatic carbocycles. The number of sulfonamides is 1. The Morgan fingerprint density at radius 3 is 2.66 bits per heavy atom. The highest BCUT2D eigenvalue weighted by molar-refractivity contribution is 7.91. The van der Waals surface area contributed by atoms with E-state index in [1.807, 2.05) is 0 Å². The fraction of sp³-hybridized carbons (Fsp3) is 0.577. The average molecular weight is 522 g/mol. The minimum absolute atomic E-state index is 0.226. The van der Waals surface area contributed by atoms with Crippen LogP contribution in [-0.4, -0.2) is 51.4 Å². The zero-order chi connectivity index (χ0) is 25.3. The third-order valence-electron chi connectivity index (χ3n) is 6.68. The van der Waals surface area contributed by atoms with Crippen LogP contribution in [0, 0.1) is 5.92 Å². The van der Waals surface area contributed by atoms with Gasteiger partial charge in [-0.2, -0.15) is 4.31 Å². The van der Waals surface area contributed by atoms with E-state index in [1.165, 1.54) is 37.0 Å². The molecule has 0 radical (unpaired) electrons. The lowest BCUT2D eigenvalue weighted by atomic mass is 9.98. The number of nitrogens with zero attached hydrogens (tertiary/aromatic N) is 1. The van der Waals surface area contributed by atoms with Crippen LogP contribution in [0.5, 0.6) is 5.75 Å². The van der Waals surface area contributed by atoms with E-state index in [0.717, 1.165) is 24.3 Å². The average Bonchev–Trinajstić information content (AvgIpc) is 3.38. The van der Waals surface area contributed by atoms with Crippen molar-refractivity contribution in [1.82, 2.24) is 14.9 Å². The molecule has 0 saturated carbocycles. The van der Waals surface area contributed by atoms with Crippen molar-refractivity contribution in [2.75, 3.05) is 26.7 Å². The number of hydrogen-bond acceptors (Lipinski definition) is 6. The van der Waals surface area contributed by atoms with Crippen molar-refractivity contribution in [3.8, 4) is 5.75 Å². The molecule has 0 aliphatic carbocycles. The number of nitrogens with one attached hydrogen (secondary N) is 2. The zero-order valence-electron chi connectivity index (χ0n) is 21.1. The summed E-state index contributed by atoms with van der Waals surface area (Å²) in [6.07, 6.45) is 6.60. The van der Waals surface area contributed by atoms with Gasteiger partial charge < -0.3 is 15.4 Å². The lowest BCUT2D eigenvalue weighted by molar-refractivity contribution is 0.0951. The molecule has 1 fully saturated rings. The molecule has 9 heteroatoms. The number of ether oxygens (including phenoxy) is 1. The van der Waals surface area contributed by atoms with E-state index < -0.39 is 10.0 Å². The topological polar surface area (TPSA) is 87.7 Å². The van der Waals surface area contributed by atoms with E-state index in [2.05, 4.69) is 24.5 Å². The van der Waals surface area contributed by atoms with Gasteiger partial charge in [-0.1, -0.05) is 39.2 Å². The number of unbranched alkanes of at least 4 members (excludes halogenated alkanes) is 1. The van der Waals surface area contributed by atoms with Gasteiger partial charge in [0.2, 0.25) is 0 Å². The fourth-order valence-electron chi connectivity index (χ4n) is 4.33. The second kappa shape index (κ2) is 13.4. The van der Waals surface area contributed by atoms with E-state index in [-0.39, 0.29) is 12.5 Å². The summed E-state index contributed by atoms with van der Waals surface area (Å²) in [4.78, 5) is 13.2. The summed E-state index contributed by atoms with van der Waals surface area (Å²) in [5.41, 5.74) is 0.501. The zero-order valence-corrected chi connectivity index (χ0v) is 22.7. The van der Waals surface area contributed by atoms with Crippen LogP contribution in [0.3, 0.4) is 0 Å². The first-order valence-corrected chi connectivity index (χ1v) is 14.9. The number of methoxy groups -OCH3 is 1. The van der Waals surface area contributed by atoms with Gasteiger partial charge in [-0.25, -0.2) is 8.42 Å². The Morgan fingerprint density at radius 1 is 1.20 bits per heavy atom. The summed E-state index contributed by atoms with van der Waals surface area (Å²) in [7, 11) is -1.96. The first-order valence-electron chi connectivity index (χ1n) is 12.6. The predicted octanol–water partition coefficient (Wildman–Crippen LogP) is 4.65. The Bertz CT molecular complexity index is 1050. The van der Waals surface area contributed by atoms with Gasteiger partial charge in [0, 0.05) is 29.6 Å². The molecule has 1 aliphatic rings. The van der Waals surface area contributed by atoms with Crippen molar-refractivity contribution < 1.29 is 17.9 Å². The van der Waals surface area contributed by atoms with Crippen LogP contribution < -0.4 is 15.4 Å². The smallest absolute Gasteiger partial charge is 0.252 e. The Balaban J connectivity index is 1.49. The van der Waals surface area contributed by atoms with Crippen LogP contribution in [-0.2, 0) is 16.6 Å². The monoisotopic (exact) mass is 521 g/mol. The standard InChI is InChI=1S/C26H39N3O4S2/c1-4-6-8-20(5-2)18-27-22-13-15-29(16-14-22)35(31,32)25-12-11-24(34-25)19-28-26(30)21-9-7-10-23(17-21)33-3/h7,9-12,17,20,22,27H,4-6,8,13-16,18-19H2,1-3H3,(H,28,30). The maximum atomic E-state index is 13.2. The van der Waals surface area contributed by atoms with Gasteiger partial charge in [0.15, 0.2) is 0 Å². The molecule has 1 saturated heterocycles. The van der Waals surface area contributed by atoms with Crippen LogP contribution in [0.1, 0.15) is 67.6 Å². The first-order chi connectivity index (χ1) is 16.9. The van der Waals surface area contributed by atoms with Gasteiger partial charge in [-0.3, -0.25) is 4.79 Å². The molecule has 2 heterocycles. The molecule has 3 rings (SSSR count). The highest BCUT2D eigenvalue weighted by Crippen LogP contribution is 2.27. The number of thiophene rings is 1. The minimum Gasteiger partial charge on any atom is -0.497 e. The van der Waals surface area contributed by atoms with E-state index in [4.69, 9.17) is 4.74 Å². The summed E-state index contributed by atoms with van der Waals surface area (Å²) < 4.78 is 33.5. The summed E-state index contributed by atoms with van der Waals surface area (Å²) in [5.74, 6) is 1.09. The molecule has 194 valence electrons. The number of piperidine rings is 1. The van der Waals surface area contributed by atoms with Crippen LogP contribution in [0.25, 0.3) is 0 Å². The molecule has 1 amide bonds. The number of hydrogen-bond donors (Lipinski definition) is 2. The van der Waals surface area contributed by atoms with Crippen molar-refractivity contribution in [1.29, 1.82) is 0 Å². The number of carbonyl (C=O) groups is 1. The maximum Gasteiger partial charge on any atom is 0.252 e. The van der Waals surface area contributed by atoms with Gasteiger partial charge >= 0.3 is 0 Å². The normalized spacial score (nSPS) is 16.2. The fourth-order valence-corrected chi connectivity index (χ4v) is 7.25. The third kappa shape index (κ3) is 7.77. The Hall–Kier alpha value is -1.94. The van der Waals surface area contributed by atoms with Gasteiger partial charge in [-0.05, 0) is 62.1 Å². The summed E-state index contributed by atoms with van der Waals surface area (Å²) in [6.45, 7) is 6.83. The predicted molar refractivity (Wildman–Crippen MR) is 142 cm³/mol. The Labute approximate surface area is 214 Å². The lowest BCUT2D eigenvalue weighted by Crippen LogP contribution is -2.45. The molecule has 1 aliphatic heterocycles. The highest BCUT2D eigenvalue weighted by Gasteiger charge is 2.30. The maximum absolute atomic E-state index is 13.2. The van der Waals surface area contributed by atoms with Crippen LogP contribution in [0.2, 0.25) is 0 Å². The van der Waals surface area contributed by atoms with Crippen LogP contribution >= 0.6 is 11.3 Å². The first kappa shape index (κ1) is 27.6. The molecule has 1 atom stereocenters. The molecule has 0 spiro atoms. The summed E-state index contributed by atoms with van der Waals surface area (Å²) in [6, 6.07) is 10.7. The van der Waals surface area contributed by atoms with Crippen LogP contribution in [0.15, 0.2) is 40.6 Å². The quantitative estimate of drug-likeness (QED) is 0.401. The second-order valence-corrected chi connectivity index (χ2v) is 12.5. The Kier molecular flexibility index (Phi) is 10.6. The summed E-state index contributed by atoms with van der Waals surface area (Å²) in [5, 5.41) is 6.53. The SMILES string of the molecule is CCCCC(CC)CNC1CCN(S(=O)(=O)c2ccc(CNC(=O)c3cccc(OC)c3)s2)CC1. The largest absolute Gasteiger partial charge is 0.497 e. The van der Waals surface area contributed by atoms with Gasteiger partial charge in [-0.15, -0.1) is 11.3 Å². The molecular weight excluding hydrogens is 482 g/mol. The number of carbonyl (C=O) groups excluding carboxylic acids is 1. The molecular formula is C26H39N3O4S2. The van der Waals surface area contributed by atoms with Crippen molar-refractivity contribution in [3.63, 3.8) is 0 Å². The number of benzene rings is 1. The van der Waals surface area contributed by atoms with E-state index in [1.54, 1.807) is 47.8 Å². The van der Waals surface area contributed by atoms with Crippen molar-refractivity contribution >= 4 is 27.3 Å². The van der Waals surface area contributed by atoms with Gasteiger partial charge in [0.05, 0.1) is 13.7 Å². The third-order valence-corrected chi connectivity index (χ3v) is 10.1.